The molecule has 1 aromatic rings. The molecule has 6 nitrogen and oxygen atoms in total. The molecule has 1 N–H and O–H groups in total. The zero-order chi connectivity index (χ0) is 20.0. The van der Waals surface area contributed by atoms with E-state index in [1.54, 1.807) is 11.4 Å². The molecule has 0 radical (unpaired) electrons. The van der Waals surface area contributed by atoms with Crippen molar-refractivity contribution in [2.45, 2.75) is 38.6 Å². The Labute approximate surface area is 149 Å². The van der Waals surface area contributed by atoms with Crippen LogP contribution in [0.1, 0.15) is 27.2 Å². The van der Waals surface area contributed by atoms with Crippen LogP contribution in [0.3, 0.4) is 0 Å². The van der Waals surface area contributed by atoms with Gasteiger partial charge in [0.2, 0.25) is 0 Å². The van der Waals surface area contributed by atoms with Gasteiger partial charge in [-0.1, -0.05) is 18.2 Å². The molecule has 0 bridgehead atoms. The third kappa shape index (κ3) is 5.08. The average molecular weight is 395 g/mol. The minimum absolute atomic E-state index is 0.0214. The van der Waals surface area contributed by atoms with Crippen LogP contribution in [0, 0.1) is 0 Å². The van der Waals surface area contributed by atoms with E-state index in [1.165, 1.54) is 38.1 Å². The Balaban J connectivity index is 3.45. The van der Waals surface area contributed by atoms with Gasteiger partial charge in [-0.2, -0.15) is 13.2 Å². The van der Waals surface area contributed by atoms with E-state index in [0.29, 0.717) is 0 Å². The molecule has 0 saturated carbocycles. The van der Waals surface area contributed by atoms with Crippen LogP contribution in [0.4, 0.5) is 13.2 Å². The molecule has 1 amide bonds. The molecule has 10 heteroatoms. The van der Waals surface area contributed by atoms with Gasteiger partial charge >= 0.3 is 18.1 Å². The maximum atomic E-state index is 13.6. The van der Waals surface area contributed by atoms with Gasteiger partial charge in [-0.3, -0.25) is 14.2 Å². The lowest BCUT2D eigenvalue weighted by atomic mass is 10.2. The summed E-state index contributed by atoms with van der Waals surface area (Å²) in [5.41, 5.74) is 0. The summed E-state index contributed by atoms with van der Waals surface area (Å²) in [4.78, 5) is 23.5. The standard InChI is InChI=1S/C16H21F3NO5P/c1-4-24-13(21)11-15(3,20-14(22)16(17,18)19)26(23,25-5-2)12-9-7-6-8-10-12/h6-10H,4-5,11H2,1-3H3,(H,20,22). The summed E-state index contributed by atoms with van der Waals surface area (Å²) >= 11 is 0. The van der Waals surface area contributed by atoms with E-state index >= 15 is 0 Å². The second kappa shape index (κ2) is 8.68. The summed E-state index contributed by atoms with van der Waals surface area (Å²) in [5, 5.41) is -0.376. The molecule has 0 aliphatic heterocycles. The first kappa shape index (κ1) is 22.2. The maximum Gasteiger partial charge on any atom is 0.471 e. The maximum absolute atomic E-state index is 13.6. The molecule has 2 unspecified atom stereocenters. The Morgan fingerprint density at radius 3 is 2.15 bits per heavy atom. The lowest BCUT2D eigenvalue weighted by Crippen LogP contribution is -2.53. The third-order valence-corrected chi connectivity index (χ3v) is 6.66. The summed E-state index contributed by atoms with van der Waals surface area (Å²) in [7, 11) is -4.13. The molecular formula is C16H21F3NO5P. The van der Waals surface area contributed by atoms with E-state index in [1.807, 2.05) is 0 Å². The number of esters is 1. The Kier molecular flexibility index (Phi) is 7.41. The molecule has 146 valence electrons. The number of carbonyl (C=O) groups excluding carboxylic acids is 2. The number of ether oxygens (including phenoxy) is 1. The first-order valence-electron chi connectivity index (χ1n) is 7.85. The predicted molar refractivity (Wildman–Crippen MR) is 89.2 cm³/mol. The van der Waals surface area contributed by atoms with Gasteiger partial charge in [-0.25, -0.2) is 0 Å². The first-order valence-corrected chi connectivity index (χ1v) is 9.48. The molecule has 0 saturated heterocycles. The SMILES string of the molecule is CCOC(=O)CC(C)(NC(=O)C(F)(F)F)P(=O)(OCC)c1ccccc1. The van der Waals surface area contributed by atoms with Crippen molar-refractivity contribution >= 4 is 24.5 Å². The number of carbonyl (C=O) groups is 2. The largest absolute Gasteiger partial charge is 0.471 e. The van der Waals surface area contributed by atoms with Gasteiger partial charge in [-0.05, 0) is 32.9 Å². The topological polar surface area (TPSA) is 81.7 Å². The van der Waals surface area contributed by atoms with Crippen LogP contribution in [-0.2, 0) is 23.4 Å². The summed E-state index contributed by atoms with van der Waals surface area (Å²) < 4.78 is 62.1. The Bertz CT molecular complexity index is 680. The molecule has 0 aliphatic rings. The fourth-order valence-electron chi connectivity index (χ4n) is 2.34. The Morgan fingerprint density at radius 1 is 1.12 bits per heavy atom. The van der Waals surface area contributed by atoms with E-state index < -0.39 is 37.1 Å². The van der Waals surface area contributed by atoms with E-state index in [2.05, 4.69) is 0 Å². The van der Waals surface area contributed by atoms with Gasteiger partial charge in [0.25, 0.3) is 7.37 Å². The van der Waals surface area contributed by atoms with E-state index in [4.69, 9.17) is 9.26 Å². The lowest BCUT2D eigenvalue weighted by molar-refractivity contribution is -0.175. The lowest BCUT2D eigenvalue weighted by Gasteiger charge is -2.37. The van der Waals surface area contributed by atoms with Gasteiger partial charge in [0.1, 0.15) is 5.28 Å². The van der Waals surface area contributed by atoms with Crippen molar-refractivity contribution in [3.63, 3.8) is 0 Å². The van der Waals surface area contributed by atoms with Crippen molar-refractivity contribution in [1.29, 1.82) is 0 Å². The van der Waals surface area contributed by atoms with Crippen molar-refractivity contribution in [3.05, 3.63) is 30.3 Å². The third-order valence-electron chi connectivity index (χ3n) is 3.49. The quantitative estimate of drug-likeness (QED) is 0.541. The summed E-state index contributed by atoms with van der Waals surface area (Å²) in [5.74, 6) is -3.23. The molecule has 0 aliphatic carbocycles. The zero-order valence-electron chi connectivity index (χ0n) is 14.6. The second-order valence-corrected chi connectivity index (χ2v) is 8.38. The van der Waals surface area contributed by atoms with Crippen molar-refractivity contribution in [2.75, 3.05) is 13.2 Å². The van der Waals surface area contributed by atoms with Gasteiger partial charge in [-0.15, -0.1) is 0 Å². The summed E-state index contributed by atoms with van der Waals surface area (Å²) in [6.45, 7) is 3.98. The van der Waals surface area contributed by atoms with Gasteiger partial charge in [0.15, 0.2) is 0 Å². The molecule has 0 fully saturated rings. The fourth-order valence-corrected chi connectivity index (χ4v) is 4.86. The second-order valence-electron chi connectivity index (χ2n) is 5.51. The molecule has 26 heavy (non-hydrogen) atoms. The number of alkyl halides is 3. The van der Waals surface area contributed by atoms with Crippen LogP contribution in [0.15, 0.2) is 30.3 Å². The van der Waals surface area contributed by atoms with Crippen LogP contribution in [-0.4, -0.2) is 36.5 Å². The van der Waals surface area contributed by atoms with E-state index in [0.717, 1.165) is 6.92 Å². The number of benzene rings is 1. The molecule has 0 heterocycles. The molecule has 0 spiro atoms. The summed E-state index contributed by atoms with van der Waals surface area (Å²) in [6.07, 6.45) is -5.97. The molecule has 1 aromatic carbocycles. The van der Waals surface area contributed by atoms with Crippen molar-refractivity contribution in [2.24, 2.45) is 0 Å². The highest BCUT2D eigenvalue weighted by Gasteiger charge is 2.53. The highest BCUT2D eigenvalue weighted by atomic mass is 31.2. The van der Waals surface area contributed by atoms with Crippen molar-refractivity contribution in [3.8, 4) is 0 Å². The average Bonchev–Trinajstić information content (AvgIpc) is 2.54. The highest BCUT2D eigenvalue weighted by molar-refractivity contribution is 7.68. The van der Waals surface area contributed by atoms with Crippen molar-refractivity contribution < 1.29 is 36.6 Å². The van der Waals surface area contributed by atoms with Gasteiger partial charge in [0, 0.05) is 5.30 Å². The van der Waals surface area contributed by atoms with Crippen molar-refractivity contribution in [1.82, 2.24) is 5.32 Å². The Morgan fingerprint density at radius 2 is 1.69 bits per heavy atom. The van der Waals surface area contributed by atoms with Crippen LogP contribution in [0.2, 0.25) is 0 Å². The molecular weight excluding hydrogens is 374 g/mol. The number of nitrogens with one attached hydrogen (secondary N) is 1. The van der Waals surface area contributed by atoms with Crippen LogP contribution < -0.4 is 10.6 Å². The summed E-state index contributed by atoms with van der Waals surface area (Å²) in [6, 6.07) is 7.48. The van der Waals surface area contributed by atoms with Gasteiger partial charge in [0.05, 0.1) is 19.6 Å². The smallest absolute Gasteiger partial charge is 0.466 e. The number of halogens is 3. The van der Waals surface area contributed by atoms with Crippen LogP contribution >= 0.6 is 7.37 Å². The minimum Gasteiger partial charge on any atom is -0.466 e. The molecule has 1 rings (SSSR count). The number of amides is 1. The number of hydrogen-bond acceptors (Lipinski definition) is 5. The number of rotatable bonds is 8. The number of hydrogen-bond donors (Lipinski definition) is 1. The fraction of sp³-hybridized carbons (Fsp3) is 0.500. The Hall–Kier alpha value is -1.86. The zero-order valence-corrected chi connectivity index (χ0v) is 15.5. The monoisotopic (exact) mass is 395 g/mol. The highest BCUT2D eigenvalue weighted by Crippen LogP contribution is 2.58. The normalized spacial score (nSPS) is 16.2. The first-order chi connectivity index (χ1) is 12.0. The molecule has 2 atom stereocenters. The van der Waals surface area contributed by atoms with Crippen LogP contribution in [0.5, 0.6) is 0 Å². The van der Waals surface area contributed by atoms with Crippen LogP contribution in [0.25, 0.3) is 0 Å². The minimum atomic E-state index is -5.22. The predicted octanol–water partition coefficient (Wildman–Crippen LogP) is 2.97. The van der Waals surface area contributed by atoms with E-state index in [-0.39, 0.29) is 18.5 Å². The van der Waals surface area contributed by atoms with Gasteiger partial charge < -0.3 is 14.6 Å². The van der Waals surface area contributed by atoms with E-state index in [9.17, 15) is 27.3 Å². The molecule has 0 aromatic heterocycles.